The second-order valence-electron chi connectivity index (χ2n) is 4.40. The van der Waals surface area contributed by atoms with E-state index in [0.29, 0.717) is 0 Å². The maximum Gasteiger partial charge on any atom is 0.276 e. The zero-order valence-electron chi connectivity index (χ0n) is 11.5. The van der Waals surface area contributed by atoms with Gasteiger partial charge in [0.05, 0.1) is 11.1 Å². The van der Waals surface area contributed by atoms with E-state index in [1.807, 2.05) is 24.3 Å². The highest BCUT2D eigenvalue weighted by molar-refractivity contribution is 9.10. The molecule has 1 N–H and O–H groups in total. The summed E-state index contributed by atoms with van der Waals surface area (Å²) in [7, 11) is -3.63. The fourth-order valence-corrected chi connectivity index (χ4v) is 2.73. The van der Waals surface area contributed by atoms with Gasteiger partial charge in [0.1, 0.15) is 0 Å². The van der Waals surface area contributed by atoms with E-state index in [0.717, 1.165) is 16.5 Å². The molecule has 0 bridgehead atoms. The molecule has 0 aliphatic carbocycles. The van der Waals surface area contributed by atoms with E-state index in [2.05, 4.69) is 32.8 Å². The number of halogens is 1. The lowest BCUT2D eigenvalue weighted by Crippen LogP contribution is -2.18. The molecule has 21 heavy (non-hydrogen) atoms. The van der Waals surface area contributed by atoms with E-state index < -0.39 is 10.0 Å². The average Bonchev–Trinajstić information content (AvgIpc) is 2.48. The molecular formula is C15H15BrN2O2S. The summed E-state index contributed by atoms with van der Waals surface area (Å²) in [6.45, 7) is 2.08. The summed E-state index contributed by atoms with van der Waals surface area (Å²) in [6, 6.07) is 14.1. The molecule has 0 radical (unpaired) electrons. The van der Waals surface area contributed by atoms with Gasteiger partial charge in [-0.1, -0.05) is 47.1 Å². The molecule has 2 aromatic rings. The van der Waals surface area contributed by atoms with E-state index in [1.165, 1.54) is 23.9 Å². The number of hydrogen-bond acceptors (Lipinski definition) is 3. The highest BCUT2D eigenvalue weighted by atomic mass is 79.9. The Kier molecular flexibility index (Phi) is 5.14. The molecule has 0 heterocycles. The number of hydrogen-bond donors (Lipinski definition) is 1. The second-order valence-corrected chi connectivity index (χ2v) is 6.98. The Bertz CT molecular complexity index is 723. The summed E-state index contributed by atoms with van der Waals surface area (Å²) in [5, 5.41) is 3.79. The van der Waals surface area contributed by atoms with Crippen LogP contribution in [0.4, 0.5) is 0 Å². The average molecular weight is 367 g/mol. The molecule has 0 amide bonds. The third kappa shape index (κ3) is 4.41. The summed E-state index contributed by atoms with van der Waals surface area (Å²) < 4.78 is 24.8. The Morgan fingerprint density at radius 3 is 2.29 bits per heavy atom. The Balaban J connectivity index is 2.06. The summed E-state index contributed by atoms with van der Waals surface area (Å²) in [5.74, 6) is 0. The predicted molar refractivity (Wildman–Crippen MR) is 87.9 cm³/mol. The molecule has 0 saturated carbocycles. The van der Waals surface area contributed by atoms with Crippen LogP contribution in [0.5, 0.6) is 0 Å². The third-order valence-electron chi connectivity index (χ3n) is 2.90. The van der Waals surface area contributed by atoms with Gasteiger partial charge in [-0.2, -0.15) is 13.5 Å². The van der Waals surface area contributed by atoms with Crippen molar-refractivity contribution < 1.29 is 8.42 Å². The molecule has 0 spiro atoms. The lowest BCUT2D eigenvalue weighted by molar-refractivity contribution is 0.584. The van der Waals surface area contributed by atoms with Crippen LogP contribution in [0.15, 0.2) is 63.0 Å². The van der Waals surface area contributed by atoms with E-state index >= 15 is 0 Å². The lowest BCUT2D eigenvalue weighted by Gasteiger charge is -2.03. The van der Waals surface area contributed by atoms with Gasteiger partial charge in [0.15, 0.2) is 0 Å². The molecule has 0 saturated heterocycles. The minimum absolute atomic E-state index is 0.171. The van der Waals surface area contributed by atoms with Crippen LogP contribution in [-0.4, -0.2) is 14.6 Å². The largest absolute Gasteiger partial charge is 0.276 e. The molecule has 6 heteroatoms. The predicted octanol–water partition coefficient (Wildman–Crippen LogP) is 3.32. The highest BCUT2D eigenvalue weighted by Crippen LogP contribution is 2.14. The van der Waals surface area contributed by atoms with Crippen LogP contribution >= 0.6 is 15.9 Å². The van der Waals surface area contributed by atoms with Crippen LogP contribution < -0.4 is 4.83 Å². The Morgan fingerprint density at radius 1 is 1.10 bits per heavy atom. The number of rotatable bonds is 5. The van der Waals surface area contributed by atoms with E-state index in [9.17, 15) is 8.42 Å². The molecule has 2 aromatic carbocycles. The van der Waals surface area contributed by atoms with Gasteiger partial charge in [0.25, 0.3) is 10.0 Å². The van der Waals surface area contributed by atoms with Gasteiger partial charge in [0, 0.05) is 4.47 Å². The van der Waals surface area contributed by atoms with Crippen molar-refractivity contribution in [3.8, 4) is 0 Å². The van der Waals surface area contributed by atoms with Crippen molar-refractivity contribution in [1.29, 1.82) is 0 Å². The van der Waals surface area contributed by atoms with Crippen molar-refractivity contribution in [3.05, 3.63) is 64.1 Å². The Labute approximate surface area is 133 Å². The molecule has 2 rings (SSSR count). The number of benzene rings is 2. The number of sulfonamides is 1. The normalized spacial score (nSPS) is 11.7. The summed E-state index contributed by atoms with van der Waals surface area (Å²) in [4.78, 5) is 2.37. The van der Waals surface area contributed by atoms with Crippen molar-refractivity contribution in [3.63, 3.8) is 0 Å². The first-order valence-corrected chi connectivity index (χ1v) is 8.68. The maximum atomic E-state index is 12.0. The van der Waals surface area contributed by atoms with Crippen molar-refractivity contribution in [2.45, 2.75) is 18.2 Å². The number of aryl methyl sites for hydroxylation is 1. The molecule has 0 aliphatic rings. The van der Waals surface area contributed by atoms with Crippen molar-refractivity contribution in [1.82, 2.24) is 4.83 Å². The molecule has 0 unspecified atom stereocenters. The van der Waals surface area contributed by atoms with Crippen LogP contribution in [0, 0.1) is 0 Å². The minimum Gasteiger partial charge on any atom is -0.200 e. The quantitative estimate of drug-likeness (QED) is 0.651. The van der Waals surface area contributed by atoms with E-state index in [4.69, 9.17) is 0 Å². The smallest absolute Gasteiger partial charge is 0.200 e. The molecule has 4 nitrogen and oxygen atoms in total. The van der Waals surface area contributed by atoms with Crippen molar-refractivity contribution in [2.75, 3.05) is 0 Å². The van der Waals surface area contributed by atoms with Gasteiger partial charge in [-0.3, -0.25) is 0 Å². The molecule has 110 valence electrons. The number of hydrazone groups is 1. The molecule has 0 aromatic heterocycles. The van der Waals surface area contributed by atoms with E-state index in [-0.39, 0.29) is 4.90 Å². The Morgan fingerprint density at radius 2 is 1.71 bits per heavy atom. The van der Waals surface area contributed by atoms with Gasteiger partial charge in [-0.25, -0.2) is 4.83 Å². The number of nitrogens with zero attached hydrogens (tertiary/aromatic N) is 1. The van der Waals surface area contributed by atoms with Crippen LogP contribution in [-0.2, 0) is 16.4 Å². The van der Waals surface area contributed by atoms with Crippen LogP contribution in [0.1, 0.15) is 18.1 Å². The standard InChI is InChI=1S/C15H15BrN2O2S/c1-2-12-3-5-13(6-4-12)11-17-18-21(19,20)15-9-7-14(16)8-10-15/h3-11,18H,2H2,1H3. The summed E-state index contributed by atoms with van der Waals surface area (Å²) in [6.07, 6.45) is 2.45. The first-order chi connectivity index (χ1) is 10.0. The van der Waals surface area contributed by atoms with Gasteiger partial charge in [-0.15, -0.1) is 0 Å². The fourth-order valence-electron chi connectivity index (χ4n) is 1.68. The van der Waals surface area contributed by atoms with Crippen molar-refractivity contribution >= 4 is 32.2 Å². The highest BCUT2D eigenvalue weighted by Gasteiger charge is 2.11. The van der Waals surface area contributed by atoms with Crippen LogP contribution in [0.2, 0.25) is 0 Å². The van der Waals surface area contributed by atoms with Crippen LogP contribution in [0.25, 0.3) is 0 Å². The van der Waals surface area contributed by atoms with Crippen LogP contribution in [0.3, 0.4) is 0 Å². The second kappa shape index (κ2) is 6.87. The van der Waals surface area contributed by atoms with Gasteiger partial charge < -0.3 is 0 Å². The zero-order chi connectivity index (χ0) is 15.3. The van der Waals surface area contributed by atoms with Gasteiger partial charge in [-0.05, 0) is 41.8 Å². The van der Waals surface area contributed by atoms with Crippen molar-refractivity contribution in [2.24, 2.45) is 5.10 Å². The van der Waals surface area contributed by atoms with Gasteiger partial charge in [0.2, 0.25) is 0 Å². The third-order valence-corrected chi connectivity index (χ3v) is 4.67. The number of nitrogens with one attached hydrogen (secondary N) is 1. The Hall–Kier alpha value is -1.66. The summed E-state index contributed by atoms with van der Waals surface area (Å²) in [5.41, 5.74) is 2.06. The molecular weight excluding hydrogens is 352 g/mol. The monoisotopic (exact) mass is 366 g/mol. The minimum atomic E-state index is -3.63. The first-order valence-electron chi connectivity index (χ1n) is 6.40. The molecule has 0 aliphatic heterocycles. The van der Waals surface area contributed by atoms with E-state index in [1.54, 1.807) is 12.1 Å². The maximum absolute atomic E-state index is 12.0. The fraction of sp³-hybridized carbons (Fsp3) is 0.133. The first kappa shape index (κ1) is 15.7. The molecule has 0 atom stereocenters. The molecule has 0 fully saturated rings. The summed E-state index contributed by atoms with van der Waals surface area (Å²) >= 11 is 3.26. The SMILES string of the molecule is CCc1ccc(C=NNS(=O)(=O)c2ccc(Br)cc2)cc1. The van der Waals surface area contributed by atoms with Gasteiger partial charge >= 0.3 is 0 Å². The lowest BCUT2D eigenvalue weighted by atomic mass is 10.1. The zero-order valence-corrected chi connectivity index (χ0v) is 13.9. The topological polar surface area (TPSA) is 58.5 Å².